The number of nitrogens with one attached hydrogen (secondary N) is 1. The number of benzene rings is 2. The van der Waals surface area contributed by atoms with Gasteiger partial charge in [0, 0.05) is 11.6 Å². The number of aryl methyl sites for hydroxylation is 1. The molecule has 0 saturated heterocycles. The molecule has 0 aliphatic carbocycles. The number of alkyl halides is 2. The van der Waals surface area contributed by atoms with E-state index in [1.165, 1.54) is 6.20 Å². The van der Waals surface area contributed by atoms with E-state index < -0.39 is 22.0 Å². The van der Waals surface area contributed by atoms with Crippen LogP contribution in [0, 0.1) is 6.92 Å². The summed E-state index contributed by atoms with van der Waals surface area (Å²) >= 11 is 0. The summed E-state index contributed by atoms with van der Waals surface area (Å²) in [5.74, 6) is 1.05. The van der Waals surface area contributed by atoms with E-state index in [0.717, 1.165) is 10.2 Å². The lowest BCUT2D eigenvalue weighted by Crippen LogP contribution is -2.36. The highest BCUT2D eigenvalue weighted by Crippen LogP contribution is 2.46. The molecular weight excluding hydrogens is 436 g/mol. The van der Waals surface area contributed by atoms with Crippen LogP contribution in [-0.4, -0.2) is 33.4 Å². The van der Waals surface area contributed by atoms with E-state index in [1.807, 2.05) is 13.8 Å². The molecule has 1 aliphatic heterocycles. The van der Waals surface area contributed by atoms with Crippen LogP contribution >= 0.6 is 0 Å². The van der Waals surface area contributed by atoms with E-state index in [0.29, 0.717) is 45.1 Å². The minimum absolute atomic E-state index is 0.158. The lowest BCUT2D eigenvalue weighted by atomic mass is 9.92. The molecule has 3 heterocycles. The molecule has 0 amide bonds. The van der Waals surface area contributed by atoms with Crippen LogP contribution in [0.5, 0.6) is 0 Å². The number of hydrogen-bond acceptors (Lipinski definition) is 5. The van der Waals surface area contributed by atoms with Crippen molar-refractivity contribution in [3.05, 3.63) is 59.8 Å². The summed E-state index contributed by atoms with van der Waals surface area (Å²) in [4.78, 5) is 0. The third-order valence-electron chi connectivity index (χ3n) is 5.83. The van der Waals surface area contributed by atoms with Gasteiger partial charge in [0.05, 0.1) is 34.2 Å². The Morgan fingerprint density at radius 3 is 2.50 bits per heavy atom. The Hall–Kier alpha value is -3.27. The molecule has 0 bridgehead atoms. The first kappa shape index (κ1) is 20.6. The summed E-state index contributed by atoms with van der Waals surface area (Å²) in [6.45, 7) is 5.57. The van der Waals surface area contributed by atoms with Crippen molar-refractivity contribution in [2.45, 2.75) is 32.7 Å². The largest absolute Gasteiger partial charge is 0.371 e. The van der Waals surface area contributed by atoms with Gasteiger partial charge in [0.15, 0.2) is 5.82 Å². The summed E-state index contributed by atoms with van der Waals surface area (Å²) in [5.41, 5.74) is 1.41. The first-order chi connectivity index (χ1) is 15.0. The van der Waals surface area contributed by atoms with Crippen molar-refractivity contribution in [1.29, 1.82) is 0 Å². The molecule has 0 atom stereocenters. The van der Waals surface area contributed by atoms with Crippen LogP contribution in [0.25, 0.3) is 27.7 Å². The number of halogens is 2. The van der Waals surface area contributed by atoms with E-state index in [9.17, 15) is 17.2 Å². The van der Waals surface area contributed by atoms with Gasteiger partial charge in [-0.15, -0.1) is 10.2 Å². The Labute approximate surface area is 183 Å². The van der Waals surface area contributed by atoms with Crippen LogP contribution in [0.15, 0.2) is 42.6 Å². The zero-order valence-electron chi connectivity index (χ0n) is 17.9. The van der Waals surface area contributed by atoms with E-state index in [4.69, 9.17) is 0 Å². The minimum atomic E-state index is -3.54. The van der Waals surface area contributed by atoms with Gasteiger partial charge in [-0.1, -0.05) is 18.2 Å². The zero-order chi connectivity index (χ0) is 23.0. The molecule has 2 aromatic carbocycles. The monoisotopic (exact) mass is 457 g/mol. The van der Waals surface area contributed by atoms with Crippen LogP contribution in [0.1, 0.15) is 37.5 Å². The van der Waals surface area contributed by atoms with Gasteiger partial charge in [-0.25, -0.2) is 21.2 Å². The molecular formula is C22H21F2N5O2S. The standard InChI is InChI=1S/C22H21F2N5O2S/c1-12-26-27-21-22(2,3)25-16-9-8-15(18(20(23)24)19(16)29(12)21)13-6-5-7-17-14(13)10-11-28(17)32(4,30)31/h5-11,20,25H,1-4H3. The topological polar surface area (TPSA) is 81.8 Å². The molecule has 4 aromatic rings. The third-order valence-corrected chi connectivity index (χ3v) is 6.87. The quantitative estimate of drug-likeness (QED) is 0.486. The lowest BCUT2D eigenvalue weighted by Gasteiger charge is -2.35. The Morgan fingerprint density at radius 1 is 1.06 bits per heavy atom. The SMILES string of the molecule is Cc1nnc2n1-c1c(ccc(-c3cccc4c3ccn4S(C)(=O)=O)c1C(F)F)NC2(C)C. The second-order valence-corrected chi connectivity index (χ2v) is 10.4. The summed E-state index contributed by atoms with van der Waals surface area (Å²) in [6, 6.07) is 10.1. The smallest absolute Gasteiger partial charge is 0.266 e. The lowest BCUT2D eigenvalue weighted by molar-refractivity contribution is 0.151. The van der Waals surface area contributed by atoms with Crippen molar-refractivity contribution in [3.8, 4) is 16.8 Å². The summed E-state index contributed by atoms with van der Waals surface area (Å²) in [5, 5.41) is 12.2. The van der Waals surface area contributed by atoms with Crippen LogP contribution in [-0.2, 0) is 15.6 Å². The number of fused-ring (bicyclic) bond motifs is 4. The summed E-state index contributed by atoms with van der Waals surface area (Å²) in [7, 11) is -3.54. The molecule has 5 rings (SSSR count). The van der Waals surface area contributed by atoms with Crippen molar-refractivity contribution < 1.29 is 17.2 Å². The number of hydrogen-bond donors (Lipinski definition) is 1. The van der Waals surface area contributed by atoms with Gasteiger partial charge < -0.3 is 5.32 Å². The Balaban J connectivity index is 1.85. The van der Waals surface area contributed by atoms with Gasteiger partial charge in [0.25, 0.3) is 6.43 Å². The molecule has 1 N–H and O–H groups in total. The maximum atomic E-state index is 14.6. The third kappa shape index (κ3) is 2.85. The van der Waals surface area contributed by atoms with Gasteiger partial charge >= 0.3 is 0 Å². The average molecular weight is 458 g/mol. The fourth-order valence-electron chi connectivity index (χ4n) is 4.50. The fraction of sp³-hybridized carbons (Fsp3) is 0.273. The van der Waals surface area contributed by atoms with Crippen molar-refractivity contribution in [3.63, 3.8) is 0 Å². The number of aromatic nitrogens is 4. The van der Waals surface area contributed by atoms with E-state index in [1.54, 1.807) is 47.9 Å². The zero-order valence-corrected chi connectivity index (χ0v) is 18.7. The Morgan fingerprint density at radius 2 is 1.81 bits per heavy atom. The predicted molar refractivity (Wildman–Crippen MR) is 119 cm³/mol. The van der Waals surface area contributed by atoms with Gasteiger partial charge in [-0.3, -0.25) is 4.57 Å². The molecule has 7 nitrogen and oxygen atoms in total. The molecule has 1 aliphatic rings. The van der Waals surface area contributed by atoms with Crippen molar-refractivity contribution >= 4 is 26.6 Å². The fourth-order valence-corrected chi connectivity index (χ4v) is 5.30. The van der Waals surface area contributed by atoms with Gasteiger partial charge in [0.2, 0.25) is 10.0 Å². The molecule has 0 fully saturated rings. The Kier molecular flexibility index (Phi) is 4.26. The highest BCUT2D eigenvalue weighted by Gasteiger charge is 2.37. The molecule has 0 saturated carbocycles. The maximum Gasteiger partial charge on any atom is 0.266 e. The highest BCUT2D eigenvalue weighted by molar-refractivity contribution is 7.89. The van der Waals surface area contributed by atoms with E-state index >= 15 is 0 Å². The van der Waals surface area contributed by atoms with Crippen molar-refractivity contribution in [2.24, 2.45) is 0 Å². The van der Waals surface area contributed by atoms with Crippen LogP contribution in [0.4, 0.5) is 14.5 Å². The average Bonchev–Trinajstić information content (AvgIpc) is 3.31. The second-order valence-electron chi connectivity index (χ2n) is 8.49. The minimum Gasteiger partial charge on any atom is -0.371 e. The molecule has 10 heteroatoms. The van der Waals surface area contributed by atoms with Crippen LogP contribution < -0.4 is 5.32 Å². The van der Waals surface area contributed by atoms with Gasteiger partial charge in [0.1, 0.15) is 5.82 Å². The molecule has 0 radical (unpaired) electrons. The predicted octanol–water partition coefficient (Wildman–Crippen LogP) is 4.60. The number of anilines is 1. The molecule has 0 spiro atoms. The van der Waals surface area contributed by atoms with E-state index in [2.05, 4.69) is 15.5 Å². The van der Waals surface area contributed by atoms with Crippen LogP contribution in [0.2, 0.25) is 0 Å². The highest BCUT2D eigenvalue weighted by atomic mass is 32.2. The first-order valence-corrected chi connectivity index (χ1v) is 11.8. The van der Waals surface area contributed by atoms with Gasteiger partial charge in [-0.05, 0) is 50.1 Å². The summed E-state index contributed by atoms with van der Waals surface area (Å²) in [6.07, 6.45) is -0.243. The van der Waals surface area contributed by atoms with Crippen LogP contribution in [0.3, 0.4) is 0 Å². The Bertz CT molecular complexity index is 1500. The first-order valence-electron chi connectivity index (χ1n) is 9.98. The van der Waals surface area contributed by atoms with E-state index in [-0.39, 0.29) is 5.56 Å². The molecule has 0 unspecified atom stereocenters. The van der Waals surface area contributed by atoms with Gasteiger partial charge in [-0.2, -0.15) is 0 Å². The number of rotatable bonds is 3. The van der Waals surface area contributed by atoms with Crippen molar-refractivity contribution in [1.82, 2.24) is 18.7 Å². The number of nitrogens with zero attached hydrogens (tertiary/aromatic N) is 4. The normalized spacial score (nSPS) is 15.0. The second kappa shape index (κ2) is 6.61. The van der Waals surface area contributed by atoms with Crippen molar-refractivity contribution in [2.75, 3.05) is 11.6 Å². The molecule has 2 aromatic heterocycles. The maximum absolute atomic E-state index is 14.6. The summed E-state index contributed by atoms with van der Waals surface area (Å²) < 4.78 is 56.4. The molecule has 32 heavy (non-hydrogen) atoms. The molecule has 166 valence electrons.